The molecule has 0 spiro atoms. The Labute approximate surface area is 189 Å². The molecule has 6 nitrogen and oxygen atoms in total. The third kappa shape index (κ3) is 5.61. The SMILES string of the molecule is CCNC(=NCC(O)c1ccccc1Cl)N1CCC(C)C(n2ccnc2)C1.I. The number of nitrogens with one attached hydrogen (secondary N) is 1. The van der Waals surface area contributed by atoms with E-state index in [0.29, 0.717) is 22.5 Å². The van der Waals surface area contributed by atoms with E-state index in [1.165, 1.54) is 0 Å². The summed E-state index contributed by atoms with van der Waals surface area (Å²) in [6, 6.07) is 7.72. The van der Waals surface area contributed by atoms with Crippen molar-refractivity contribution in [3.8, 4) is 0 Å². The fourth-order valence-corrected chi connectivity index (χ4v) is 3.80. The molecule has 1 saturated heterocycles. The average Bonchev–Trinajstić information content (AvgIpc) is 3.20. The number of aromatic nitrogens is 2. The number of nitrogens with zero attached hydrogens (tertiary/aromatic N) is 4. The number of likely N-dealkylation sites (tertiary alicyclic amines) is 1. The lowest BCUT2D eigenvalue weighted by Crippen LogP contribution is -2.49. The number of aliphatic hydroxyl groups excluding tert-OH is 1. The van der Waals surface area contributed by atoms with E-state index in [4.69, 9.17) is 16.6 Å². The third-order valence-electron chi connectivity index (χ3n) is 5.14. The van der Waals surface area contributed by atoms with Gasteiger partial charge >= 0.3 is 0 Å². The minimum absolute atomic E-state index is 0. The lowest BCUT2D eigenvalue weighted by molar-refractivity contribution is 0.179. The Kier molecular flexibility index (Phi) is 9.04. The molecular weight excluding hydrogens is 489 g/mol. The van der Waals surface area contributed by atoms with Crippen LogP contribution < -0.4 is 5.32 Å². The minimum Gasteiger partial charge on any atom is -0.386 e. The molecule has 0 radical (unpaired) electrons. The van der Waals surface area contributed by atoms with Gasteiger partial charge < -0.3 is 19.9 Å². The molecule has 154 valence electrons. The molecule has 1 aromatic carbocycles. The molecule has 0 aliphatic carbocycles. The number of piperidine rings is 1. The molecule has 0 amide bonds. The predicted octanol–water partition coefficient (Wildman–Crippen LogP) is 3.74. The Morgan fingerprint density at radius 1 is 1.43 bits per heavy atom. The lowest BCUT2D eigenvalue weighted by atomic mass is 9.93. The van der Waals surface area contributed by atoms with Crippen LogP contribution in [-0.4, -0.2) is 51.7 Å². The summed E-state index contributed by atoms with van der Waals surface area (Å²) in [5.41, 5.74) is 0.710. The van der Waals surface area contributed by atoms with Gasteiger partial charge in [0.2, 0.25) is 0 Å². The van der Waals surface area contributed by atoms with Crippen LogP contribution in [0.1, 0.15) is 38.0 Å². The van der Waals surface area contributed by atoms with Crippen molar-refractivity contribution in [1.82, 2.24) is 19.8 Å². The fraction of sp³-hybridized carbons (Fsp3) is 0.500. The summed E-state index contributed by atoms with van der Waals surface area (Å²) in [7, 11) is 0. The van der Waals surface area contributed by atoms with Crippen LogP contribution in [0.2, 0.25) is 5.02 Å². The highest BCUT2D eigenvalue weighted by molar-refractivity contribution is 14.0. The molecule has 3 atom stereocenters. The molecule has 28 heavy (non-hydrogen) atoms. The number of hydrogen-bond donors (Lipinski definition) is 2. The van der Waals surface area contributed by atoms with E-state index in [-0.39, 0.29) is 30.5 Å². The van der Waals surface area contributed by atoms with Gasteiger partial charge in [0.05, 0.1) is 18.9 Å². The summed E-state index contributed by atoms with van der Waals surface area (Å²) in [5, 5.41) is 14.4. The second-order valence-corrected chi connectivity index (χ2v) is 7.43. The largest absolute Gasteiger partial charge is 0.386 e. The summed E-state index contributed by atoms with van der Waals surface area (Å²) in [6.45, 7) is 7.20. The van der Waals surface area contributed by atoms with Crippen LogP contribution in [0.15, 0.2) is 48.0 Å². The van der Waals surface area contributed by atoms with Gasteiger partial charge in [0.15, 0.2) is 5.96 Å². The molecule has 2 N–H and O–H groups in total. The van der Waals surface area contributed by atoms with Crippen molar-refractivity contribution in [1.29, 1.82) is 0 Å². The second-order valence-electron chi connectivity index (χ2n) is 7.02. The van der Waals surface area contributed by atoms with Crippen molar-refractivity contribution in [3.05, 3.63) is 53.6 Å². The van der Waals surface area contributed by atoms with Gasteiger partial charge in [-0.2, -0.15) is 0 Å². The molecular formula is C20H29ClIN5O. The van der Waals surface area contributed by atoms with Gasteiger partial charge in [-0.05, 0) is 25.3 Å². The van der Waals surface area contributed by atoms with Crippen LogP contribution in [0.4, 0.5) is 0 Å². The number of imidazole rings is 1. The van der Waals surface area contributed by atoms with Crippen LogP contribution in [0.5, 0.6) is 0 Å². The lowest BCUT2D eigenvalue weighted by Gasteiger charge is -2.39. The number of hydrogen-bond acceptors (Lipinski definition) is 3. The topological polar surface area (TPSA) is 65.7 Å². The molecule has 2 heterocycles. The Hall–Kier alpha value is -1.32. The fourth-order valence-electron chi connectivity index (χ4n) is 3.54. The maximum atomic E-state index is 10.5. The van der Waals surface area contributed by atoms with E-state index in [1.807, 2.05) is 36.9 Å². The maximum Gasteiger partial charge on any atom is 0.194 e. The molecule has 0 bridgehead atoms. The van der Waals surface area contributed by atoms with Crippen molar-refractivity contribution in [2.24, 2.45) is 10.9 Å². The highest BCUT2D eigenvalue weighted by atomic mass is 127. The molecule has 0 saturated carbocycles. The summed E-state index contributed by atoms with van der Waals surface area (Å²) >= 11 is 6.19. The predicted molar refractivity (Wildman–Crippen MR) is 124 cm³/mol. The molecule has 1 fully saturated rings. The van der Waals surface area contributed by atoms with Crippen molar-refractivity contribution < 1.29 is 5.11 Å². The van der Waals surface area contributed by atoms with Crippen LogP contribution in [0.3, 0.4) is 0 Å². The Balaban J connectivity index is 0.00000280. The maximum absolute atomic E-state index is 10.5. The zero-order chi connectivity index (χ0) is 19.2. The molecule has 3 unspecified atom stereocenters. The van der Waals surface area contributed by atoms with Crippen LogP contribution in [0, 0.1) is 5.92 Å². The highest BCUT2D eigenvalue weighted by Gasteiger charge is 2.29. The Morgan fingerprint density at radius 2 is 2.21 bits per heavy atom. The van der Waals surface area contributed by atoms with Gasteiger partial charge in [-0.25, -0.2) is 4.98 Å². The summed E-state index contributed by atoms with van der Waals surface area (Å²) in [5.74, 6) is 1.41. The smallest absolute Gasteiger partial charge is 0.194 e. The number of aliphatic imine (C=N–C) groups is 1. The average molecular weight is 518 g/mol. The second kappa shape index (κ2) is 11.0. The van der Waals surface area contributed by atoms with Gasteiger partial charge in [0, 0.05) is 42.6 Å². The van der Waals surface area contributed by atoms with Crippen molar-refractivity contribution in [2.45, 2.75) is 32.4 Å². The van der Waals surface area contributed by atoms with Gasteiger partial charge in [-0.1, -0.05) is 36.7 Å². The van der Waals surface area contributed by atoms with E-state index >= 15 is 0 Å². The molecule has 1 aliphatic rings. The Bertz CT molecular complexity index is 755. The first-order chi connectivity index (χ1) is 13.1. The van der Waals surface area contributed by atoms with Crippen LogP contribution >= 0.6 is 35.6 Å². The number of benzene rings is 1. The first-order valence-electron chi connectivity index (χ1n) is 9.53. The van der Waals surface area contributed by atoms with Crippen LogP contribution in [-0.2, 0) is 0 Å². The highest BCUT2D eigenvalue weighted by Crippen LogP contribution is 2.28. The van der Waals surface area contributed by atoms with E-state index in [1.54, 1.807) is 6.07 Å². The van der Waals surface area contributed by atoms with E-state index in [2.05, 4.69) is 33.6 Å². The normalized spacial score (nSPS) is 21.1. The van der Waals surface area contributed by atoms with Crippen molar-refractivity contribution in [2.75, 3.05) is 26.2 Å². The molecule has 2 aromatic rings. The van der Waals surface area contributed by atoms with E-state index < -0.39 is 6.10 Å². The van der Waals surface area contributed by atoms with Gasteiger partial charge in [0.1, 0.15) is 6.10 Å². The van der Waals surface area contributed by atoms with Gasteiger partial charge in [0.25, 0.3) is 0 Å². The molecule has 8 heteroatoms. The minimum atomic E-state index is -0.722. The number of halogens is 2. The monoisotopic (exact) mass is 517 g/mol. The first kappa shape index (κ1) is 23.0. The number of aliphatic hydroxyl groups is 1. The molecule has 3 rings (SSSR count). The number of rotatable bonds is 5. The third-order valence-corrected chi connectivity index (χ3v) is 5.48. The van der Waals surface area contributed by atoms with E-state index in [9.17, 15) is 5.11 Å². The quantitative estimate of drug-likeness (QED) is 0.360. The van der Waals surface area contributed by atoms with Crippen molar-refractivity contribution >= 4 is 41.5 Å². The molecule has 1 aliphatic heterocycles. The Morgan fingerprint density at radius 3 is 2.89 bits per heavy atom. The van der Waals surface area contributed by atoms with Gasteiger partial charge in [-0.3, -0.25) is 4.99 Å². The molecule has 1 aromatic heterocycles. The van der Waals surface area contributed by atoms with E-state index in [0.717, 1.165) is 32.0 Å². The summed E-state index contributed by atoms with van der Waals surface area (Å²) < 4.78 is 2.18. The zero-order valence-corrected chi connectivity index (χ0v) is 19.4. The van der Waals surface area contributed by atoms with Crippen LogP contribution in [0.25, 0.3) is 0 Å². The first-order valence-corrected chi connectivity index (χ1v) is 9.91. The standard InChI is InChI=1S/C20H28ClN5O.HI/c1-3-23-20(24-12-19(27)16-6-4-5-7-17(16)21)25-10-8-15(2)18(13-25)26-11-9-22-14-26;/h4-7,9,11,14-15,18-19,27H,3,8,10,12-13H2,1-2H3,(H,23,24);1H. The number of guanidine groups is 1. The zero-order valence-electron chi connectivity index (χ0n) is 16.3. The summed E-state index contributed by atoms with van der Waals surface area (Å²) in [6.07, 6.45) is 6.09. The summed E-state index contributed by atoms with van der Waals surface area (Å²) in [4.78, 5) is 11.2. The van der Waals surface area contributed by atoms with Gasteiger partial charge in [-0.15, -0.1) is 24.0 Å². The van der Waals surface area contributed by atoms with Crippen molar-refractivity contribution in [3.63, 3.8) is 0 Å².